The van der Waals surface area contributed by atoms with Gasteiger partial charge in [-0.2, -0.15) is 0 Å². The molecular weight excluding hydrogens is 176 g/mol. The fourth-order valence-corrected chi connectivity index (χ4v) is 1.04. The maximum absolute atomic E-state index is 7.22. The van der Waals surface area contributed by atoms with Crippen LogP contribution in [0.3, 0.4) is 0 Å². The van der Waals surface area contributed by atoms with Crippen molar-refractivity contribution in [3.63, 3.8) is 0 Å². The van der Waals surface area contributed by atoms with Gasteiger partial charge in [-0.3, -0.25) is 5.41 Å². The molecule has 1 rings (SSSR count). The first-order chi connectivity index (χ1) is 6.59. The van der Waals surface area contributed by atoms with Gasteiger partial charge in [0.2, 0.25) is 0 Å². The Hall–Kier alpha value is -1.35. The number of nitrogens with one attached hydrogen (secondary N) is 1. The number of rotatable bonds is 4. The van der Waals surface area contributed by atoms with Gasteiger partial charge >= 0.3 is 0 Å². The summed E-state index contributed by atoms with van der Waals surface area (Å²) in [6.45, 7) is 4.61. The largest absolute Gasteiger partial charge is 0.384 e. The highest BCUT2D eigenvalue weighted by molar-refractivity contribution is 5.94. The van der Waals surface area contributed by atoms with Crippen LogP contribution < -0.4 is 5.73 Å². The summed E-state index contributed by atoms with van der Waals surface area (Å²) in [4.78, 5) is 0. The average molecular weight is 192 g/mol. The normalized spacial score (nSPS) is 10.5. The van der Waals surface area contributed by atoms with Crippen molar-refractivity contribution in [1.82, 2.24) is 0 Å². The smallest absolute Gasteiger partial charge is 0.122 e. The van der Waals surface area contributed by atoms with E-state index in [1.165, 1.54) is 0 Å². The van der Waals surface area contributed by atoms with E-state index in [0.717, 1.165) is 11.1 Å². The molecule has 0 radical (unpaired) electrons. The summed E-state index contributed by atoms with van der Waals surface area (Å²) in [5, 5.41) is 7.22. The lowest BCUT2D eigenvalue weighted by molar-refractivity contribution is 0.0657. The molecule has 76 valence electrons. The van der Waals surface area contributed by atoms with Gasteiger partial charge in [0, 0.05) is 5.56 Å². The molecule has 0 aromatic heterocycles. The van der Waals surface area contributed by atoms with E-state index in [-0.39, 0.29) is 11.9 Å². The quantitative estimate of drug-likeness (QED) is 0.565. The highest BCUT2D eigenvalue weighted by Gasteiger charge is 1.98. The van der Waals surface area contributed by atoms with E-state index in [2.05, 4.69) is 0 Å². The summed E-state index contributed by atoms with van der Waals surface area (Å²) >= 11 is 0. The van der Waals surface area contributed by atoms with Crippen molar-refractivity contribution in [3.05, 3.63) is 35.4 Å². The Morgan fingerprint density at radius 3 is 2.36 bits per heavy atom. The lowest BCUT2D eigenvalue weighted by Gasteiger charge is -2.07. The van der Waals surface area contributed by atoms with Crippen LogP contribution in [0.1, 0.15) is 25.0 Å². The second kappa shape index (κ2) is 4.77. The van der Waals surface area contributed by atoms with E-state index in [9.17, 15) is 0 Å². The summed E-state index contributed by atoms with van der Waals surface area (Å²) in [6, 6.07) is 7.53. The minimum atomic E-state index is 0.0985. The lowest BCUT2D eigenvalue weighted by atomic mass is 10.1. The number of hydrogen-bond acceptors (Lipinski definition) is 2. The highest BCUT2D eigenvalue weighted by Crippen LogP contribution is 2.06. The number of amidine groups is 1. The predicted octanol–water partition coefficient (Wildman–Crippen LogP) is 1.90. The first-order valence-corrected chi connectivity index (χ1v) is 4.64. The van der Waals surface area contributed by atoms with Crippen LogP contribution in [0.25, 0.3) is 0 Å². The van der Waals surface area contributed by atoms with Gasteiger partial charge in [-0.15, -0.1) is 0 Å². The first-order valence-electron chi connectivity index (χ1n) is 4.64. The maximum atomic E-state index is 7.22. The van der Waals surface area contributed by atoms with Gasteiger partial charge in [-0.05, 0) is 19.4 Å². The molecule has 1 aromatic carbocycles. The molecule has 0 spiro atoms. The Labute approximate surface area is 84.4 Å². The Bertz CT molecular complexity index is 304. The third-order valence-corrected chi connectivity index (χ3v) is 1.85. The Kier molecular flexibility index (Phi) is 3.65. The Morgan fingerprint density at radius 2 is 1.93 bits per heavy atom. The third kappa shape index (κ3) is 3.18. The van der Waals surface area contributed by atoms with E-state index in [1.807, 2.05) is 38.1 Å². The van der Waals surface area contributed by atoms with E-state index in [0.29, 0.717) is 6.61 Å². The molecule has 3 heteroatoms. The van der Waals surface area contributed by atoms with Crippen LogP contribution in [0.15, 0.2) is 24.3 Å². The van der Waals surface area contributed by atoms with Crippen LogP contribution in [0.2, 0.25) is 0 Å². The summed E-state index contributed by atoms with van der Waals surface area (Å²) in [5.74, 6) is 0.0985. The van der Waals surface area contributed by atoms with Gasteiger partial charge < -0.3 is 10.5 Å². The summed E-state index contributed by atoms with van der Waals surface area (Å²) in [5.41, 5.74) is 7.19. The minimum absolute atomic E-state index is 0.0985. The number of benzene rings is 1. The fourth-order valence-electron chi connectivity index (χ4n) is 1.04. The molecule has 0 fully saturated rings. The molecule has 3 nitrogen and oxygen atoms in total. The lowest BCUT2D eigenvalue weighted by Crippen LogP contribution is -2.10. The van der Waals surface area contributed by atoms with Gasteiger partial charge in [-0.25, -0.2) is 0 Å². The van der Waals surface area contributed by atoms with Crippen LogP contribution in [0, 0.1) is 5.41 Å². The molecule has 0 heterocycles. The van der Waals surface area contributed by atoms with Gasteiger partial charge in [0.15, 0.2) is 0 Å². The maximum Gasteiger partial charge on any atom is 0.122 e. The molecule has 0 aliphatic rings. The van der Waals surface area contributed by atoms with Crippen LogP contribution in [-0.2, 0) is 11.3 Å². The van der Waals surface area contributed by atoms with Gasteiger partial charge in [0.25, 0.3) is 0 Å². The van der Waals surface area contributed by atoms with Crippen molar-refractivity contribution < 1.29 is 4.74 Å². The molecule has 0 saturated carbocycles. The van der Waals surface area contributed by atoms with Crippen molar-refractivity contribution in [2.45, 2.75) is 26.6 Å². The summed E-state index contributed by atoms with van der Waals surface area (Å²) in [7, 11) is 0. The molecule has 0 atom stereocenters. The van der Waals surface area contributed by atoms with Crippen LogP contribution in [0.5, 0.6) is 0 Å². The van der Waals surface area contributed by atoms with E-state index < -0.39 is 0 Å². The molecule has 1 aromatic rings. The molecule has 0 bridgehead atoms. The van der Waals surface area contributed by atoms with Crippen LogP contribution in [0.4, 0.5) is 0 Å². The molecule has 3 N–H and O–H groups in total. The Morgan fingerprint density at radius 1 is 1.36 bits per heavy atom. The zero-order chi connectivity index (χ0) is 10.6. The summed E-state index contributed by atoms with van der Waals surface area (Å²) in [6.07, 6.45) is 0.238. The zero-order valence-corrected chi connectivity index (χ0v) is 8.58. The molecule has 0 aliphatic heterocycles. The molecule has 0 amide bonds. The highest BCUT2D eigenvalue weighted by atomic mass is 16.5. The van der Waals surface area contributed by atoms with Crippen LogP contribution in [-0.4, -0.2) is 11.9 Å². The SMILES string of the molecule is CC(C)OCc1ccc(C(=N)N)cc1. The number of ether oxygens (including phenoxy) is 1. The topological polar surface area (TPSA) is 59.1 Å². The van der Waals surface area contributed by atoms with Crippen molar-refractivity contribution >= 4 is 5.84 Å². The molecule has 0 aliphatic carbocycles. The summed E-state index contributed by atoms with van der Waals surface area (Å²) < 4.78 is 5.44. The zero-order valence-electron chi connectivity index (χ0n) is 8.58. The van der Waals surface area contributed by atoms with E-state index in [4.69, 9.17) is 15.9 Å². The van der Waals surface area contributed by atoms with Crippen LogP contribution >= 0.6 is 0 Å². The molecular formula is C11H16N2O. The number of hydrogen-bond donors (Lipinski definition) is 2. The van der Waals surface area contributed by atoms with Crippen molar-refractivity contribution in [2.24, 2.45) is 5.73 Å². The van der Waals surface area contributed by atoms with Crippen molar-refractivity contribution in [3.8, 4) is 0 Å². The standard InChI is InChI=1S/C11H16N2O/c1-8(2)14-7-9-3-5-10(6-4-9)11(12)13/h3-6,8H,7H2,1-2H3,(H3,12,13). The average Bonchev–Trinajstić information content (AvgIpc) is 2.15. The number of nitrogen functional groups attached to an aromatic ring is 1. The van der Waals surface area contributed by atoms with Gasteiger partial charge in [0.05, 0.1) is 12.7 Å². The third-order valence-electron chi connectivity index (χ3n) is 1.85. The predicted molar refractivity (Wildman–Crippen MR) is 57.4 cm³/mol. The minimum Gasteiger partial charge on any atom is -0.384 e. The monoisotopic (exact) mass is 192 g/mol. The molecule has 0 saturated heterocycles. The van der Waals surface area contributed by atoms with Gasteiger partial charge in [-0.1, -0.05) is 24.3 Å². The van der Waals surface area contributed by atoms with Gasteiger partial charge in [0.1, 0.15) is 5.84 Å². The van der Waals surface area contributed by atoms with E-state index in [1.54, 1.807) is 0 Å². The second-order valence-corrected chi connectivity index (χ2v) is 3.47. The van der Waals surface area contributed by atoms with E-state index >= 15 is 0 Å². The van der Waals surface area contributed by atoms with Crippen molar-refractivity contribution in [2.75, 3.05) is 0 Å². The Balaban J connectivity index is 2.60. The molecule has 0 unspecified atom stereocenters. The second-order valence-electron chi connectivity index (χ2n) is 3.47. The first kappa shape index (κ1) is 10.7. The fraction of sp³-hybridized carbons (Fsp3) is 0.364. The molecule has 14 heavy (non-hydrogen) atoms. The van der Waals surface area contributed by atoms with Crippen molar-refractivity contribution in [1.29, 1.82) is 5.41 Å². The number of nitrogens with two attached hydrogens (primary N) is 1.